The Morgan fingerprint density at radius 2 is 2.10 bits per heavy atom. The smallest absolute Gasteiger partial charge is 0.163 e. The van der Waals surface area contributed by atoms with Crippen LogP contribution in [0.1, 0.15) is 18.9 Å². The summed E-state index contributed by atoms with van der Waals surface area (Å²) in [5, 5.41) is 8.35. The van der Waals surface area contributed by atoms with Crippen LogP contribution >= 0.6 is 0 Å². The van der Waals surface area contributed by atoms with Gasteiger partial charge in [-0.1, -0.05) is 17.3 Å². The average molecular weight is 268 g/mol. The largest absolute Gasteiger partial charge is 0.329 e. The summed E-state index contributed by atoms with van der Waals surface area (Å²) in [6.45, 7) is 1.23. The van der Waals surface area contributed by atoms with Crippen LogP contribution in [-0.2, 0) is 6.54 Å². The minimum atomic E-state index is 0.553. The van der Waals surface area contributed by atoms with Gasteiger partial charge >= 0.3 is 0 Å². The van der Waals surface area contributed by atoms with Crippen molar-refractivity contribution >= 4 is 11.0 Å². The van der Waals surface area contributed by atoms with Gasteiger partial charge in [0.15, 0.2) is 5.82 Å². The molecule has 20 heavy (non-hydrogen) atoms. The van der Waals surface area contributed by atoms with Gasteiger partial charge in [0.25, 0.3) is 0 Å². The fourth-order valence-electron chi connectivity index (χ4n) is 2.57. The second-order valence-electron chi connectivity index (χ2n) is 5.18. The number of benzene rings is 1. The fraction of sp³-hybridized carbons (Fsp3) is 0.357. The molecule has 0 saturated heterocycles. The van der Waals surface area contributed by atoms with E-state index >= 15 is 0 Å². The molecule has 0 amide bonds. The zero-order chi connectivity index (χ0) is 13.5. The summed E-state index contributed by atoms with van der Waals surface area (Å²) in [7, 11) is 0. The van der Waals surface area contributed by atoms with Gasteiger partial charge in [0.05, 0.1) is 23.8 Å². The molecule has 102 valence electrons. The molecule has 1 aliphatic rings. The molecule has 0 spiro atoms. The predicted octanol–water partition coefficient (Wildman–Crippen LogP) is 1.59. The lowest BCUT2D eigenvalue weighted by Gasteiger charge is -2.04. The Bertz CT molecular complexity index is 752. The van der Waals surface area contributed by atoms with Crippen LogP contribution in [0, 0.1) is 0 Å². The number of hydrogen-bond acceptors (Lipinski definition) is 4. The van der Waals surface area contributed by atoms with Crippen molar-refractivity contribution in [1.29, 1.82) is 0 Å². The molecule has 0 bridgehead atoms. The Kier molecular flexibility index (Phi) is 2.56. The molecule has 0 atom stereocenters. The predicted molar refractivity (Wildman–Crippen MR) is 76.1 cm³/mol. The lowest BCUT2D eigenvalue weighted by atomic mass is 10.3. The number of para-hydroxylation sites is 2. The second kappa shape index (κ2) is 4.42. The molecule has 4 rings (SSSR count). The first kappa shape index (κ1) is 11.6. The van der Waals surface area contributed by atoms with Crippen molar-refractivity contribution in [3.05, 3.63) is 30.5 Å². The Morgan fingerprint density at radius 3 is 2.90 bits per heavy atom. The van der Waals surface area contributed by atoms with E-state index in [0.29, 0.717) is 19.1 Å². The zero-order valence-electron chi connectivity index (χ0n) is 11.1. The van der Waals surface area contributed by atoms with Crippen LogP contribution in [0.15, 0.2) is 30.5 Å². The maximum atomic E-state index is 5.55. The number of nitrogens with zero attached hydrogens (tertiary/aromatic N) is 5. The quantitative estimate of drug-likeness (QED) is 0.779. The first-order chi connectivity index (χ1) is 9.86. The van der Waals surface area contributed by atoms with E-state index in [0.717, 1.165) is 17.0 Å². The van der Waals surface area contributed by atoms with E-state index in [1.165, 1.54) is 18.4 Å². The first-order valence-electron chi connectivity index (χ1n) is 6.94. The third-order valence-electron chi connectivity index (χ3n) is 3.63. The summed E-state index contributed by atoms with van der Waals surface area (Å²) in [6, 6.07) is 8.79. The summed E-state index contributed by atoms with van der Waals surface area (Å²) in [5.74, 6) is 0.914. The SMILES string of the molecule is NCCn1cc(-c2nc3ccccc3n2C2CC2)nn1. The van der Waals surface area contributed by atoms with Crippen LogP contribution in [0.2, 0.25) is 0 Å². The standard InChI is InChI=1S/C14H16N6/c15-7-8-19-9-12(17-18-19)14-16-11-3-1-2-4-13(11)20(14)10-5-6-10/h1-4,9-10H,5-8,15H2. The summed E-state index contributed by atoms with van der Waals surface area (Å²) < 4.78 is 4.07. The molecule has 2 aromatic heterocycles. The van der Waals surface area contributed by atoms with E-state index in [9.17, 15) is 0 Å². The van der Waals surface area contributed by atoms with Crippen molar-refractivity contribution in [2.45, 2.75) is 25.4 Å². The van der Waals surface area contributed by atoms with E-state index < -0.39 is 0 Å². The van der Waals surface area contributed by atoms with Crippen molar-refractivity contribution in [2.75, 3.05) is 6.54 Å². The number of hydrogen-bond donors (Lipinski definition) is 1. The minimum absolute atomic E-state index is 0.553. The Morgan fingerprint density at radius 1 is 1.25 bits per heavy atom. The molecule has 2 heterocycles. The Balaban J connectivity index is 1.87. The summed E-state index contributed by atoms with van der Waals surface area (Å²) in [5.41, 5.74) is 8.56. The summed E-state index contributed by atoms with van der Waals surface area (Å²) in [6.07, 6.45) is 4.35. The van der Waals surface area contributed by atoms with Gasteiger partial charge in [-0.05, 0) is 25.0 Å². The molecule has 1 aromatic carbocycles. The van der Waals surface area contributed by atoms with Crippen LogP contribution in [0.25, 0.3) is 22.6 Å². The van der Waals surface area contributed by atoms with E-state index in [-0.39, 0.29) is 0 Å². The summed E-state index contributed by atoms with van der Waals surface area (Å²) >= 11 is 0. The van der Waals surface area contributed by atoms with Crippen molar-refractivity contribution in [1.82, 2.24) is 24.5 Å². The van der Waals surface area contributed by atoms with Crippen molar-refractivity contribution in [2.24, 2.45) is 5.73 Å². The molecule has 1 saturated carbocycles. The van der Waals surface area contributed by atoms with Crippen LogP contribution in [0.5, 0.6) is 0 Å². The van der Waals surface area contributed by atoms with Gasteiger partial charge in [0.1, 0.15) is 5.69 Å². The number of rotatable bonds is 4. The van der Waals surface area contributed by atoms with Crippen LogP contribution in [0.4, 0.5) is 0 Å². The second-order valence-corrected chi connectivity index (χ2v) is 5.18. The molecular formula is C14H16N6. The molecule has 2 N–H and O–H groups in total. The molecule has 0 radical (unpaired) electrons. The Hall–Kier alpha value is -2.21. The maximum Gasteiger partial charge on any atom is 0.163 e. The van der Waals surface area contributed by atoms with Crippen LogP contribution < -0.4 is 5.73 Å². The maximum absolute atomic E-state index is 5.55. The molecule has 0 aliphatic heterocycles. The fourth-order valence-corrected chi connectivity index (χ4v) is 2.57. The monoisotopic (exact) mass is 268 g/mol. The van der Waals surface area contributed by atoms with Gasteiger partial charge in [0.2, 0.25) is 0 Å². The van der Waals surface area contributed by atoms with Crippen molar-refractivity contribution in [3.8, 4) is 11.5 Å². The third-order valence-corrected chi connectivity index (χ3v) is 3.63. The average Bonchev–Trinajstić information content (AvgIpc) is 3.07. The highest BCUT2D eigenvalue weighted by molar-refractivity contribution is 5.80. The number of imidazole rings is 1. The number of nitrogens with two attached hydrogens (primary N) is 1. The lowest BCUT2D eigenvalue weighted by molar-refractivity contribution is 0.598. The highest BCUT2D eigenvalue weighted by Gasteiger charge is 2.29. The molecular weight excluding hydrogens is 252 g/mol. The zero-order valence-corrected chi connectivity index (χ0v) is 11.1. The van der Waals surface area contributed by atoms with Gasteiger partial charge in [-0.3, -0.25) is 4.68 Å². The van der Waals surface area contributed by atoms with Gasteiger partial charge in [-0.2, -0.15) is 0 Å². The molecule has 0 unspecified atom stereocenters. The molecule has 6 heteroatoms. The number of fused-ring (bicyclic) bond motifs is 1. The van der Waals surface area contributed by atoms with E-state index in [1.54, 1.807) is 4.68 Å². The van der Waals surface area contributed by atoms with E-state index in [4.69, 9.17) is 10.7 Å². The van der Waals surface area contributed by atoms with Gasteiger partial charge in [0, 0.05) is 12.6 Å². The Labute approximate surface area is 116 Å². The van der Waals surface area contributed by atoms with E-state index in [1.807, 2.05) is 18.3 Å². The molecule has 3 aromatic rings. The number of aromatic nitrogens is 5. The van der Waals surface area contributed by atoms with Gasteiger partial charge in [-0.15, -0.1) is 5.10 Å². The van der Waals surface area contributed by atoms with Crippen LogP contribution in [-0.4, -0.2) is 31.1 Å². The summed E-state index contributed by atoms with van der Waals surface area (Å²) in [4.78, 5) is 4.73. The van der Waals surface area contributed by atoms with Crippen LogP contribution in [0.3, 0.4) is 0 Å². The van der Waals surface area contributed by atoms with Crippen molar-refractivity contribution in [3.63, 3.8) is 0 Å². The highest BCUT2D eigenvalue weighted by atomic mass is 15.4. The minimum Gasteiger partial charge on any atom is -0.329 e. The van der Waals surface area contributed by atoms with Gasteiger partial charge in [-0.25, -0.2) is 4.98 Å². The first-order valence-corrected chi connectivity index (χ1v) is 6.94. The molecule has 6 nitrogen and oxygen atoms in total. The molecule has 1 fully saturated rings. The molecule has 1 aliphatic carbocycles. The topological polar surface area (TPSA) is 74.6 Å². The third kappa shape index (κ3) is 1.80. The van der Waals surface area contributed by atoms with Crippen molar-refractivity contribution < 1.29 is 0 Å². The normalized spacial score (nSPS) is 15.1. The highest BCUT2D eigenvalue weighted by Crippen LogP contribution is 2.40. The van der Waals surface area contributed by atoms with Gasteiger partial charge < -0.3 is 10.3 Å². The van der Waals surface area contributed by atoms with E-state index in [2.05, 4.69) is 27.0 Å². The lowest BCUT2D eigenvalue weighted by Crippen LogP contribution is -2.10.